The monoisotopic (exact) mass is 391 g/mol. The fraction of sp³-hybridized carbons (Fsp3) is 0.500. The average Bonchev–Trinajstić information content (AvgIpc) is 3.20. The van der Waals surface area contributed by atoms with Crippen LogP contribution in [0.1, 0.15) is 19.8 Å². The van der Waals surface area contributed by atoms with Gasteiger partial charge in [-0.15, -0.1) is 17.0 Å². The molecule has 0 aliphatic carbocycles. The Kier molecular flexibility index (Phi) is 5.04. The zero-order valence-corrected chi connectivity index (χ0v) is 15.8. The van der Waals surface area contributed by atoms with Crippen LogP contribution in [0.2, 0.25) is 0 Å². The third-order valence-corrected chi connectivity index (χ3v) is 5.41. The molecule has 0 radical (unpaired) electrons. The molecule has 2 saturated heterocycles. The van der Waals surface area contributed by atoms with E-state index in [0.29, 0.717) is 17.9 Å². The molecular weight excluding hydrogens is 366 g/mol. The van der Waals surface area contributed by atoms with Gasteiger partial charge in [-0.25, -0.2) is 0 Å². The first kappa shape index (κ1) is 17.1. The fourth-order valence-electron chi connectivity index (χ4n) is 4.12. The summed E-state index contributed by atoms with van der Waals surface area (Å²) in [5, 5.41) is 12.5. The number of fused-ring (bicyclic) bond motifs is 1. The number of halogens is 1. The molecule has 6 heteroatoms. The smallest absolute Gasteiger partial charge is 0.191 e. The predicted molar refractivity (Wildman–Crippen MR) is 105 cm³/mol. The summed E-state index contributed by atoms with van der Waals surface area (Å²) in [6.07, 6.45) is 2.28. The van der Waals surface area contributed by atoms with Crippen molar-refractivity contribution in [3.63, 3.8) is 0 Å². The summed E-state index contributed by atoms with van der Waals surface area (Å²) in [4.78, 5) is 8.32. The molecule has 0 bridgehead atoms. The van der Waals surface area contributed by atoms with Crippen molar-refractivity contribution in [3.05, 3.63) is 30.3 Å². The van der Waals surface area contributed by atoms with Gasteiger partial charge in [0, 0.05) is 43.1 Å². The van der Waals surface area contributed by atoms with Gasteiger partial charge in [-0.2, -0.15) is 0 Å². The SMILES string of the molecule is Br.CCC1CN(c2cc3ccccc3[nH]2)CCC1N1CCNC1=N. The van der Waals surface area contributed by atoms with Gasteiger partial charge in [0.25, 0.3) is 0 Å². The van der Waals surface area contributed by atoms with E-state index < -0.39 is 0 Å². The summed E-state index contributed by atoms with van der Waals surface area (Å²) in [5.41, 5.74) is 1.21. The number of nitrogens with one attached hydrogen (secondary N) is 3. The van der Waals surface area contributed by atoms with Crippen LogP contribution in [0.15, 0.2) is 30.3 Å². The van der Waals surface area contributed by atoms with E-state index in [9.17, 15) is 0 Å². The molecule has 0 saturated carbocycles. The van der Waals surface area contributed by atoms with Gasteiger partial charge in [0.1, 0.15) is 5.82 Å². The number of H-pyrrole nitrogens is 1. The summed E-state index contributed by atoms with van der Waals surface area (Å²) in [6.45, 7) is 6.29. The molecule has 2 aliphatic rings. The van der Waals surface area contributed by atoms with Gasteiger partial charge in [0.2, 0.25) is 0 Å². The maximum Gasteiger partial charge on any atom is 0.191 e. The summed E-state index contributed by atoms with van der Waals surface area (Å²) in [5.74, 6) is 2.46. The Morgan fingerprint density at radius 3 is 2.79 bits per heavy atom. The molecule has 4 rings (SSSR count). The van der Waals surface area contributed by atoms with E-state index in [1.165, 1.54) is 16.7 Å². The largest absolute Gasteiger partial charge is 0.358 e. The van der Waals surface area contributed by atoms with E-state index >= 15 is 0 Å². The number of nitrogens with zero attached hydrogens (tertiary/aromatic N) is 2. The van der Waals surface area contributed by atoms with E-state index in [2.05, 4.69) is 57.4 Å². The first-order chi connectivity index (χ1) is 11.3. The predicted octanol–water partition coefficient (Wildman–Crippen LogP) is 3.19. The first-order valence-electron chi connectivity index (χ1n) is 8.68. The van der Waals surface area contributed by atoms with Crippen molar-refractivity contribution in [1.82, 2.24) is 15.2 Å². The first-order valence-corrected chi connectivity index (χ1v) is 8.68. The molecule has 0 amide bonds. The quantitative estimate of drug-likeness (QED) is 0.752. The zero-order valence-electron chi connectivity index (χ0n) is 14.1. The van der Waals surface area contributed by atoms with Crippen molar-refractivity contribution in [2.75, 3.05) is 31.1 Å². The van der Waals surface area contributed by atoms with E-state index in [4.69, 9.17) is 5.41 Å². The molecule has 2 aromatic rings. The number of aromatic nitrogens is 1. The highest BCUT2D eigenvalue weighted by Crippen LogP contribution is 2.30. The molecule has 5 nitrogen and oxygen atoms in total. The van der Waals surface area contributed by atoms with Gasteiger partial charge >= 0.3 is 0 Å². The van der Waals surface area contributed by atoms with Crippen LogP contribution in [0, 0.1) is 11.3 Å². The Hall–Kier alpha value is -1.69. The second-order valence-corrected chi connectivity index (χ2v) is 6.68. The molecule has 24 heavy (non-hydrogen) atoms. The molecule has 0 spiro atoms. The average molecular weight is 392 g/mol. The van der Waals surface area contributed by atoms with Crippen LogP contribution in [0.3, 0.4) is 0 Å². The lowest BCUT2D eigenvalue weighted by atomic mass is 9.89. The third-order valence-electron chi connectivity index (χ3n) is 5.41. The highest BCUT2D eigenvalue weighted by Gasteiger charge is 2.35. The number of aromatic amines is 1. The Bertz CT molecular complexity index is 679. The van der Waals surface area contributed by atoms with Gasteiger partial charge in [-0.1, -0.05) is 25.1 Å². The van der Waals surface area contributed by atoms with Crippen LogP contribution in [-0.4, -0.2) is 48.1 Å². The lowest BCUT2D eigenvalue weighted by Crippen LogP contribution is -2.52. The number of anilines is 1. The van der Waals surface area contributed by atoms with Crippen LogP contribution < -0.4 is 10.2 Å². The molecular formula is C18H26BrN5. The fourth-order valence-corrected chi connectivity index (χ4v) is 4.12. The topological polar surface area (TPSA) is 58.2 Å². The number of rotatable bonds is 3. The van der Waals surface area contributed by atoms with Gasteiger partial charge in [0.05, 0.1) is 0 Å². The highest BCUT2D eigenvalue weighted by molar-refractivity contribution is 8.93. The Morgan fingerprint density at radius 1 is 1.25 bits per heavy atom. The van der Waals surface area contributed by atoms with Crippen molar-refractivity contribution in [2.45, 2.75) is 25.8 Å². The van der Waals surface area contributed by atoms with E-state index in [-0.39, 0.29) is 17.0 Å². The van der Waals surface area contributed by atoms with Crippen LogP contribution in [0.4, 0.5) is 5.82 Å². The number of hydrogen-bond acceptors (Lipinski definition) is 2. The van der Waals surface area contributed by atoms with Gasteiger partial charge in [-0.05, 0) is 30.9 Å². The molecule has 1 aromatic carbocycles. The summed E-state index contributed by atoms with van der Waals surface area (Å²) >= 11 is 0. The third kappa shape index (κ3) is 2.99. The van der Waals surface area contributed by atoms with Crippen molar-refractivity contribution >= 4 is 39.7 Å². The van der Waals surface area contributed by atoms with Gasteiger partial charge in [-0.3, -0.25) is 5.41 Å². The standard InChI is InChI=1S/C18H25N5.BrH/c1-2-13-12-22(9-7-16(13)23-10-8-20-18(23)19)17-11-14-5-3-4-6-15(14)21-17;/h3-6,11,13,16,21H,2,7-10,12H2,1H3,(H2,19,20);1H. The Labute approximate surface area is 153 Å². The normalized spacial score (nSPS) is 24.1. The number of para-hydroxylation sites is 1. The number of guanidine groups is 1. The van der Waals surface area contributed by atoms with Gasteiger partial charge < -0.3 is 20.1 Å². The maximum atomic E-state index is 8.09. The minimum atomic E-state index is 0. The van der Waals surface area contributed by atoms with Crippen molar-refractivity contribution in [1.29, 1.82) is 5.41 Å². The number of benzene rings is 1. The molecule has 3 heterocycles. The second kappa shape index (κ2) is 7.05. The molecule has 1 aromatic heterocycles. The number of piperidine rings is 1. The Balaban J connectivity index is 0.00000169. The zero-order chi connectivity index (χ0) is 15.8. The van der Waals surface area contributed by atoms with E-state index in [1.54, 1.807) is 0 Å². The minimum Gasteiger partial charge on any atom is -0.358 e. The second-order valence-electron chi connectivity index (χ2n) is 6.68. The van der Waals surface area contributed by atoms with Crippen molar-refractivity contribution < 1.29 is 0 Å². The minimum absolute atomic E-state index is 0. The van der Waals surface area contributed by atoms with Crippen molar-refractivity contribution in [3.8, 4) is 0 Å². The Morgan fingerprint density at radius 2 is 2.08 bits per heavy atom. The van der Waals surface area contributed by atoms with Gasteiger partial charge in [0.15, 0.2) is 5.96 Å². The summed E-state index contributed by atoms with van der Waals surface area (Å²) in [6, 6.07) is 11.2. The summed E-state index contributed by atoms with van der Waals surface area (Å²) in [7, 11) is 0. The lowest BCUT2D eigenvalue weighted by molar-refractivity contribution is 0.201. The van der Waals surface area contributed by atoms with Crippen LogP contribution in [0.25, 0.3) is 10.9 Å². The lowest BCUT2D eigenvalue weighted by Gasteiger charge is -2.43. The number of hydrogen-bond donors (Lipinski definition) is 3. The van der Waals surface area contributed by atoms with E-state index in [1.807, 2.05) is 0 Å². The molecule has 2 fully saturated rings. The van der Waals surface area contributed by atoms with E-state index in [0.717, 1.165) is 39.0 Å². The molecule has 2 aliphatic heterocycles. The summed E-state index contributed by atoms with van der Waals surface area (Å²) < 4.78 is 0. The maximum absolute atomic E-state index is 8.09. The van der Waals surface area contributed by atoms with Crippen LogP contribution >= 0.6 is 17.0 Å². The molecule has 130 valence electrons. The molecule has 2 unspecified atom stereocenters. The molecule has 2 atom stereocenters. The molecule has 3 N–H and O–H groups in total. The van der Waals surface area contributed by atoms with Crippen LogP contribution in [-0.2, 0) is 0 Å². The van der Waals surface area contributed by atoms with Crippen LogP contribution in [0.5, 0.6) is 0 Å². The van der Waals surface area contributed by atoms with Crippen molar-refractivity contribution in [2.24, 2.45) is 5.92 Å². The highest BCUT2D eigenvalue weighted by atomic mass is 79.9.